The highest BCUT2D eigenvalue weighted by molar-refractivity contribution is 7.80. The normalized spacial score (nSPS) is 19.7. The molecule has 31 heavy (non-hydrogen) atoms. The molecule has 4 heterocycles. The first-order chi connectivity index (χ1) is 15.1. The molecule has 0 radical (unpaired) electrons. The van der Waals surface area contributed by atoms with Crippen molar-refractivity contribution in [2.75, 3.05) is 13.3 Å². The molecule has 1 saturated heterocycles. The van der Waals surface area contributed by atoms with Gasteiger partial charge < -0.3 is 24.3 Å². The molecule has 1 fully saturated rings. The number of nitrogens with one attached hydrogen (secondary N) is 1. The Morgan fingerprint density at radius 3 is 2.74 bits per heavy atom. The molecule has 3 aromatic rings. The van der Waals surface area contributed by atoms with Crippen molar-refractivity contribution in [1.82, 2.24) is 19.8 Å². The van der Waals surface area contributed by atoms with Crippen molar-refractivity contribution in [3.8, 4) is 17.2 Å². The standard InChI is InChI=1S/C24H26N4O2S/c1-4-11-27-23(22(26-24(27)31)19-7-5-6-10-25-19)18-12-15(2)28(16(18)3)17-8-9-20-21(13-17)30-14-29-20/h5-10,12-13,22-23H,4,11,14H2,1-3H3,(H,26,31)/t22-,23+/m0/s1. The Balaban J connectivity index is 1.60. The molecule has 0 unspecified atom stereocenters. The van der Waals surface area contributed by atoms with E-state index in [4.69, 9.17) is 21.7 Å². The zero-order valence-corrected chi connectivity index (χ0v) is 18.8. The first-order valence-corrected chi connectivity index (χ1v) is 11.1. The summed E-state index contributed by atoms with van der Waals surface area (Å²) in [6.07, 6.45) is 2.86. The van der Waals surface area contributed by atoms with Crippen LogP contribution in [0.25, 0.3) is 5.69 Å². The van der Waals surface area contributed by atoms with Gasteiger partial charge in [0.25, 0.3) is 0 Å². The van der Waals surface area contributed by atoms with E-state index in [0.29, 0.717) is 0 Å². The molecule has 2 aromatic heterocycles. The molecular formula is C24H26N4O2S. The van der Waals surface area contributed by atoms with Crippen LogP contribution in [0.15, 0.2) is 48.7 Å². The molecule has 0 spiro atoms. The van der Waals surface area contributed by atoms with E-state index in [1.165, 1.54) is 17.0 Å². The summed E-state index contributed by atoms with van der Waals surface area (Å²) in [5.74, 6) is 1.58. The smallest absolute Gasteiger partial charge is 0.231 e. The van der Waals surface area contributed by atoms with Gasteiger partial charge in [0.05, 0.1) is 17.8 Å². The van der Waals surface area contributed by atoms with Crippen LogP contribution >= 0.6 is 12.2 Å². The summed E-state index contributed by atoms with van der Waals surface area (Å²) < 4.78 is 13.4. The Morgan fingerprint density at radius 2 is 1.97 bits per heavy atom. The molecule has 2 aliphatic heterocycles. The van der Waals surface area contributed by atoms with Crippen molar-refractivity contribution in [3.05, 3.63) is 71.3 Å². The van der Waals surface area contributed by atoms with E-state index in [1.54, 1.807) is 0 Å². The SMILES string of the molecule is CCCN1C(=S)N[C@@H](c2ccccn2)[C@H]1c1cc(C)n(-c2ccc3c(c2)OCO3)c1C. The van der Waals surface area contributed by atoms with Crippen LogP contribution in [-0.2, 0) is 0 Å². The molecule has 160 valence electrons. The minimum Gasteiger partial charge on any atom is -0.454 e. The predicted octanol–water partition coefficient (Wildman–Crippen LogP) is 4.60. The van der Waals surface area contributed by atoms with Crippen LogP contribution in [0.5, 0.6) is 11.5 Å². The van der Waals surface area contributed by atoms with E-state index < -0.39 is 0 Å². The van der Waals surface area contributed by atoms with E-state index in [9.17, 15) is 0 Å². The van der Waals surface area contributed by atoms with Crippen LogP contribution in [0.2, 0.25) is 0 Å². The fourth-order valence-corrected chi connectivity index (χ4v) is 5.07. The van der Waals surface area contributed by atoms with Gasteiger partial charge in [0.15, 0.2) is 16.6 Å². The van der Waals surface area contributed by atoms with Gasteiger partial charge in [-0.15, -0.1) is 0 Å². The highest BCUT2D eigenvalue weighted by Crippen LogP contribution is 2.42. The number of aryl methyl sites for hydroxylation is 1. The fourth-order valence-electron chi connectivity index (χ4n) is 4.73. The zero-order chi connectivity index (χ0) is 21.5. The van der Waals surface area contributed by atoms with E-state index in [0.717, 1.165) is 41.0 Å². The van der Waals surface area contributed by atoms with Gasteiger partial charge in [0.2, 0.25) is 6.79 Å². The Hall–Kier alpha value is -3.06. The topological polar surface area (TPSA) is 51.6 Å². The van der Waals surface area contributed by atoms with Crippen molar-refractivity contribution in [3.63, 3.8) is 0 Å². The number of hydrogen-bond donors (Lipinski definition) is 1. The molecule has 7 heteroatoms. The quantitative estimate of drug-likeness (QED) is 0.593. The maximum atomic E-state index is 5.74. The Bertz CT molecular complexity index is 1130. The van der Waals surface area contributed by atoms with Crippen LogP contribution in [0.4, 0.5) is 0 Å². The minimum atomic E-state index is 0.00551. The molecule has 2 aliphatic rings. The molecule has 2 atom stereocenters. The van der Waals surface area contributed by atoms with Gasteiger partial charge in [-0.05, 0) is 68.4 Å². The lowest BCUT2D eigenvalue weighted by Gasteiger charge is -2.27. The maximum Gasteiger partial charge on any atom is 0.231 e. The van der Waals surface area contributed by atoms with Gasteiger partial charge in [-0.25, -0.2) is 0 Å². The van der Waals surface area contributed by atoms with Gasteiger partial charge in [-0.1, -0.05) is 13.0 Å². The summed E-state index contributed by atoms with van der Waals surface area (Å²) in [5.41, 5.74) is 5.68. The van der Waals surface area contributed by atoms with Crippen molar-refractivity contribution < 1.29 is 9.47 Å². The van der Waals surface area contributed by atoms with E-state index in [2.05, 4.69) is 58.7 Å². The third kappa shape index (κ3) is 3.33. The minimum absolute atomic E-state index is 0.00551. The largest absolute Gasteiger partial charge is 0.454 e. The highest BCUT2D eigenvalue weighted by atomic mass is 32.1. The Morgan fingerprint density at radius 1 is 1.13 bits per heavy atom. The van der Waals surface area contributed by atoms with Gasteiger partial charge in [-0.2, -0.15) is 0 Å². The van der Waals surface area contributed by atoms with Crippen LogP contribution in [0.3, 0.4) is 0 Å². The Kier molecular flexibility index (Phi) is 5.06. The average molecular weight is 435 g/mol. The molecule has 5 rings (SSSR count). The molecule has 0 saturated carbocycles. The third-order valence-electron chi connectivity index (χ3n) is 6.07. The van der Waals surface area contributed by atoms with Crippen LogP contribution in [-0.4, -0.2) is 32.9 Å². The van der Waals surface area contributed by atoms with Crippen LogP contribution in [0, 0.1) is 13.8 Å². The second kappa shape index (κ2) is 7.89. The second-order valence-corrected chi connectivity index (χ2v) is 8.41. The summed E-state index contributed by atoms with van der Waals surface area (Å²) in [5, 5.41) is 4.32. The van der Waals surface area contributed by atoms with Crippen LogP contribution in [0.1, 0.15) is 48.1 Å². The fraction of sp³-hybridized carbons (Fsp3) is 0.333. The predicted molar refractivity (Wildman–Crippen MR) is 124 cm³/mol. The van der Waals surface area contributed by atoms with Crippen LogP contribution < -0.4 is 14.8 Å². The maximum absolute atomic E-state index is 5.74. The van der Waals surface area contributed by atoms with Crippen molar-refractivity contribution in [2.45, 2.75) is 39.3 Å². The molecule has 1 N–H and O–H groups in total. The number of nitrogens with zero attached hydrogens (tertiary/aromatic N) is 3. The number of pyridine rings is 1. The first-order valence-electron chi connectivity index (χ1n) is 10.7. The van der Waals surface area contributed by atoms with Crippen molar-refractivity contribution >= 4 is 17.3 Å². The monoisotopic (exact) mass is 434 g/mol. The zero-order valence-electron chi connectivity index (χ0n) is 18.0. The highest BCUT2D eigenvalue weighted by Gasteiger charge is 2.41. The second-order valence-electron chi connectivity index (χ2n) is 8.02. The number of ether oxygens (including phenoxy) is 2. The van der Waals surface area contributed by atoms with Crippen molar-refractivity contribution in [1.29, 1.82) is 0 Å². The molecule has 0 bridgehead atoms. The molecular weight excluding hydrogens is 408 g/mol. The molecule has 6 nitrogen and oxygen atoms in total. The number of hydrogen-bond acceptors (Lipinski definition) is 4. The number of rotatable bonds is 5. The molecule has 0 aliphatic carbocycles. The third-order valence-corrected chi connectivity index (χ3v) is 6.42. The van der Waals surface area contributed by atoms with Gasteiger partial charge in [0.1, 0.15) is 0 Å². The Labute approximate surface area is 187 Å². The lowest BCUT2D eigenvalue weighted by molar-refractivity contribution is 0.174. The summed E-state index contributed by atoms with van der Waals surface area (Å²) >= 11 is 5.74. The lowest BCUT2D eigenvalue weighted by atomic mass is 9.96. The number of thiocarbonyl (C=S) groups is 1. The molecule has 0 amide bonds. The van der Waals surface area contributed by atoms with Gasteiger partial charge in [-0.3, -0.25) is 4.98 Å². The van der Waals surface area contributed by atoms with E-state index in [-0.39, 0.29) is 18.9 Å². The molecule has 1 aromatic carbocycles. The van der Waals surface area contributed by atoms with Gasteiger partial charge in [0, 0.05) is 35.9 Å². The summed E-state index contributed by atoms with van der Waals surface area (Å²) in [6.45, 7) is 7.67. The summed E-state index contributed by atoms with van der Waals surface area (Å²) in [4.78, 5) is 6.94. The number of aromatic nitrogens is 2. The van der Waals surface area contributed by atoms with E-state index >= 15 is 0 Å². The first kappa shape index (κ1) is 19.9. The average Bonchev–Trinajstić information content (AvgIpc) is 3.45. The van der Waals surface area contributed by atoms with Crippen molar-refractivity contribution in [2.24, 2.45) is 0 Å². The number of benzene rings is 1. The van der Waals surface area contributed by atoms with E-state index in [1.807, 2.05) is 30.5 Å². The lowest BCUT2D eigenvalue weighted by Crippen LogP contribution is -2.30. The number of fused-ring (bicyclic) bond motifs is 1. The summed E-state index contributed by atoms with van der Waals surface area (Å²) in [6, 6.07) is 14.5. The van der Waals surface area contributed by atoms with Gasteiger partial charge >= 0.3 is 0 Å². The summed E-state index contributed by atoms with van der Waals surface area (Å²) in [7, 11) is 0.